The number of hydrogen-bond donors (Lipinski definition) is 1. The molecule has 0 radical (unpaired) electrons. The zero-order valence-electron chi connectivity index (χ0n) is 14.1. The molecule has 6 heteroatoms. The first-order valence-corrected chi connectivity index (χ1v) is 8.29. The first kappa shape index (κ1) is 17.2. The molecule has 0 bridgehead atoms. The Balaban J connectivity index is 1.53. The second-order valence-electron chi connectivity index (χ2n) is 5.94. The Bertz CT molecular complexity index is 767. The first-order valence-electron chi connectivity index (χ1n) is 8.29. The van der Waals surface area contributed by atoms with E-state index >= 15 is 0 Å². The highest BCUT2D eigenvalue weighted by atomic mass is 16.5. The Morgan fingerprint density at radius 3 is 2.76 bits per heavy atom. The third-order valence-corrected chi connectivity index (χ3v) is 4.17. The van der Waals surface area contributed by atoms with Crippen LogP contribution in [0.15, 0.2) is 36.4 Å². The maximum absolute atomic E-state index is 12.1. The third-order valence-electron chi connectivity index (χ3n) is 4.17. The van der Waals surface area contributed by atoms with Crippen molar-refractivity contribution in [3.8, 4) is 5.75 Å². The Labute approximate surface area is 146 Å². The van der Waals surface area contributed by atoms with E-state index < -0.39 is 5.97 Å². The number of methoxy groups -OCH3 is 1. The summed E-state index contributed by atoms with van der Waals surface area (Å²) in [6, 6.07) is 10.8. The van der Waals surface area contributed by atoms with Crippen LogP contribution in [-0.4, -0.2) is 44.8 Å². The second-order valence-corrected chi connectivity index (χ2v) is 5.94. The summed E-state index contributed by atoms with van der Waals surface area (Å²) in [5, 5.41) is 4.58. The Morgan fingerprint density at radius 2 is 2.00 bits per heavy atom. The molecule has 1 fully saturated rings. The predicted molar refractivity (Wildman–Crippen MR) is 92.8 cm³/mol. The van der Waals surface area contributed by atoms with E-state index in [4.69, 9.17) is 14.2 Å². The monoisotopic (exact) mass is 343 g/mol. The van der Waals surface area contributed by atoms with Crippen LogP contribution in [0, 0.1) is 0 Å². The maximum Gasteiger partial charge on any atom is 0.338 e. The number of fused-ring (bicyclic) bond motifs is 1. The van der Waals surface area contributed by atoms with Gasteiger partial charge < -0.3 is 19.5 Å². The fraction of sp³-hybridized carbons (Fsp3) is 0.368. The summed E-state index contributed by atoms with van der Waals surface area (Å²) in [6.45, 7) is 0.893. The molecular weight excluding hydrogens is 322 g/mol. The molecule has 1 amide bonds. The number of benzene rings is 2. The molecule has 132 valence electrons. The van der Waals surface area contributed by atoms with E-state index in [1.54, 1.807) is 19.2 Å². The van der Waals surface area contributed by atoms with Crippen molar-refractivity contribution in [3.05, 3.63) is 42.0 Å². The molecule has 0 aromatic heterocycles. The average molecular weight is 343 g/mol. The van der Waals surface area contributed by atoms with Crippen molar-refractivity contribution >= 4 is 22.6 Å². The molecule has 0 spiro atoms. The van der Waals surface area contributed by atoms with Crippen LogP contribution < -0.4 is 10.1 Å². The highest BCUT2D eigenvalue weighted by Gasteiger charge is 2.17. The minimum absolute atomic E-state index is 0.0668. The van der Waals surface area contributed by atoms with Gasteiger partial charge in [0.2, 0.25) is 0 Å². The zero-order valence-corrected chi connectivity index (χ0v) is 14.1. The smallest absolute Gasteiger partial charge is 0.338 e. The second kappa shape index (κ2) is 7.98. The Kier molecular flexibility index (Phi) is 5.50. The van der Waals surface area contributed by atoms with Gasteiger partial charge in [0, 0.05) is 13.2 Å². The van der Waals surface area contributed by atoms with Gasteiger partial charge in [-0.25, -0.2) is 4.79 Å². The van der Waals surface area contributed by atoms with Crippen molar-refractivity contribution in [2.45, 2.75) is 18.9 Å². The molecule has 3 rings (SSSR count). The number of ether oxygens (including phenoxy) is 3. The first-order chi connectivity index (χ1) is 12.2. The van der Waals surface area contributed by atoms with E-state index in [2.05, 4.69) is 5.32 Å². The average Bonchev–Trinajstić information content (AvgIpc) is 3.17. The lowest BCUT2D eigenvalue weighted by Crippen LogP contribution is -2.34. The SMILES string of the molecule is COc1ccc2cc(C(=O)OCC(=O)NC[C@H]3CCCO3)ccc2c1. The van der Waals surface area contributed by atoms with Gasteiger partial charge >= 0.3 is 5.97 Å². The lowest BCUT2D eigenvalue weighted by molar-refractivity contribution is -0.124. The highest BCUT2D eigenvalue weighted by Crippen LogP contribution is 2.22. The van der Waals surface area contributed by atoms with Gasteiger partial charge in [-0.3, -0.25) is 4.79 Å². The van der Waals surface area contributed by atoms with Crippen LogP contribution in [0.25, 0.3) is 10.8 Å². The highest BCUT2D eigenvalue weighted by molar-refractivity contribution is 5.96. The number of esters is 1. The number of carbonyl (C=O) groups excluding carboxylic acids is 2. The molecule has 2 aromatic rings. The van der Waals surface area contributed by atoms with Gasteiger partial charge in [0.25, 0.3) is 5.91 Å². The van der Waals surface area contributed by atoms with Crippen LogP contribution in [0.2, 0.25) is 0 Å². The molecule has 0 aliphatic carbocycles. The lowest BCUT2D eigenvalue weighted by Gasteiger charge is -2.11. The third kappa shape index (κ3) is 4.48. The standard InChI is InChI=1S/C19H21NO5/c1-23-16-7-6-13-9-15(5-4-14(13)10-16)19(22)25-12-18(21)20-11-17-3-2-8-24-17/h4-7,9-10,17H,2-3,8,11-12H2,1H3,(H,20,21)/t17-/m1/s1. The molecule has 1 aliphatic heterocycles. The van der Waals surface area contributed by atoms with E-state index in [-0.39, 0.29) is 18.6 Å². The fourth-order valence-corrected chi connectivity index (χ4v) is 2.78. The van der Waals surface area contributed by atoms with Crippen molar-refractivity contribution in [1.82, 2.24) is 5.32 Å². The van der Waals surface area contributed by atoms with Crippen LogP contribution in [0.5, 0.6) is 5.75 Å². The van der Waals surface area contributed by atoms with Crippen LogP contribution in [0.4, 0.5) is 0 Å². The molecule has 1 atom stereocenters. The van der Waals surface area contributed by atoms with E-state index in [1.165, 1.54) is 0 Å². The number of rotatable bonds is 6. The molecule has 0 saturated carbocycles. The molecule has 0 unspecified atom stereocenters. The fourth-order valence-electron chi connectivity index (χ4n) is 2.78. The van der Waals surface area contributed by atoms with Crippen LogP contribution >= 0.6 is 0 Å². The summed E-state index contributed by atoms with van der Waals surface area (Å²) < 4.78 is 15.7. The number of amides is 1. The maximum atomic E-state index is 12.1. The summed E-state index contributed by atoms with van der Waals surface area (Å²) in [7, 11) is 1.61. The van der Waals surface area contributed by atoms with Gasteiger partial charge in [-0.2, -0.15) is 0 Å². The molecule has 1 aliphatic rings. The predicted octanol–water partition coefficient (Wildman–Crippen LogP) is 2.30. The summed E-state index contributed by atoms with van der Waals surface area (Å²) in [6.07, 6.45) is 2.03. The Hall–Kier alpha value is -2.60. The van der Waals surface area contributed by atoms with Crippen molar-refractivity contribution in [1.29, 1.82) is 0 Å². The van der Waals surface area contributed by atoms with Gasteiger partial charge in [0.05, 0.1) is 18.8 Å². The topological polar surface area (TPSA) is 73.9 Å². The van der Waals surface area contributed by atoms with Crippen LogP contribution in [-0.2, 0) is 14.3 Å². The van der Waals surface area contributed by atoms with Gasteiger partial charge in [-0.1, -0.05) is 12.1 Å². The molecule has 1 saturated heterocycles. The van der Waals surface area contributed by atoms with Gasteiger partial charge in [0.1, 0.15) is 5.75 Å². The lowest BCUT2D eigenvalue weighted by atomic mass is 10.1. The molecule has 6 nitrogen and oxygen atoms in total. The quantitative estimate of drug-likeness (QED) is 0.815. The number of hydrogen-bond acceptors (Lipinski definition) is 5. The van der Waals surface area contributed by atoms with Crippen molar-refractivity contribution in [2.24, 2.45) is 0 Å². The van der Waals surface area contributed by atoms with Crippen LogP contribution in [0.3, 0.4) is 0 Å². The summed E-state index contributed by atoms with van der Waals surface area (Å²) in [4.78, 5) is 23.9. The molecule has 25 heavy (non-hydrogen) atoms. The largest absolute Gasteiger partial charge is 0.497 e. The van der Waals surface area contributed by atoms with E-state index in [9.17, 15) is 9.59 Å². The molecule has 1 N–H and O–H groups in total. The Morgan fingerprint density at radius 1 is 1.20 bits per heavy atom. The molecule has 1 heterocycles. The van der Waals surface area contributed by atoms with Gasteiger partial charge in [-0.15, -0.1) is 0 Å². The number of carbonyl (C=O) groups is 2. The minimum atomic E-state index is -0.523. The summed E-state index contributed by atoms with van der Waals surface area (Å²) in [5.74, 6) is -0.0925. The van der Waals surface area contributed by atoms with E-state index in [1.807, 2.05) is 24.3 Å². The number of nitrogens with one attached hydrogen (secondary N) is 1. The van der Waals surface area contributed by atoms with E-state index in [0.29, 0.717) is 12.1 Å². The normalized spacial score (nSPS) is 16.6. The van der Waals surface area contributed by atoms with E-state index in [0.717, 1.165) is 36.0 Å². The molecular formula is C19H21NO5. The van der Waals surface area contributed by atoms with Crippen molar-refractivity contribution in [3.63, 3.8) is 0 Å². The van der Waals surface area contributed by atoms with Crippen LogP contribution in [0.1, 0.15) is 23.2 Å². The van der Waals surface area contributed by atoms with Crippen molar-refractivity contribution < 1.29 is 23.8 Å². The van der Waals surface area contributed by atoms with Crippen molar-refractivity contribution in [2.75, 3.05) is 26.9 Å². The zero-order chi connectivity index (χ0) is 17.6. The summed E-state index contributed by atoms with van der Waals surface area (Å²) >= 11 is 0. The van der Waals surface area contributed by atoms with Gasteiger partial charge in [0.15, 0.2) is 6.61 Å². The minimum Gasteiger partial charge on any atom is -0.497 e. The van der Waals surface area contributed by atoms with Gasteiger partial charge in [-0.05, 0) is 47.9 Å². The summed E-state index contributed by atoms with van der Waals surface area (Å²) in [5.41, 5.74) is 0.407. The molecule has 2 aromatic carbocycles.